The van der Waals surface area contributed by atoms with Gasteiger partial charge in [-0.1, -0.05) is 0 Å². The van der Waals surface area contributed by atoms with Crippen LogP contribution in [0.3, 0.4) is 0 Å². The van der Waals surface area contributed by atoms with Crippen LogP contribution in [0.4, 0.5) is 4.79 Å². The van der Waals surface area contributed by atoms with Crippen LogP contribution in [0.2, 0.25) is 0 Å². The third-order valence-corrected chi connectivity index (χ3v) is 3.40. The zero-order valence-corrected chi connectivity index (χ0v) is 10.6. The van der Waals surface area contributed by atoms with Crippen LogP contribution < -0.4 is 5.32 Å². The first kappa shape index (κ1) is 12.6. The van der Waals surface area contributed by atoms with Gasteiger partial charge in [-0.25, -0.2) is 4.79 Å². The first-order valence-corrected chi connectivity index (χ1v) is 6.36. The van der Waals surface area contributed by atoms with Crippen LogP contribution >= 0.6 is 0 Å². The molecule has 98 valence electrons. The number of hydrogen-bond donors (Lipinski definition) is 2. The van der Waals surface area contributed by atoms with E-state index in [1.54, 1.807) is 13.8 Å². The van der Waals surface area contributed by atoms with Gasteiger partial charge < -0.3 is 20.1 Å². The summed E-state index contributed by atoms with van der Waals surface area (Å²) in [4.78, 5) is 13.7. The van der Waals surface area contributed by atoms with Gasteiger partial charge in [0, 0.05) is 32.0 Å². The molecule has 0 aliphatic carbocycles. The lowest BCUT2D eigenvalue weighted by atomic mass is 9.98. The van der Waals surface area contributed by atoms with Crippen molar-refractivity contribution in [3.63, 3.8) is 0 Å². The van der Waals surface area contributed by atoms with Crippen molar-refractivity contribution in [1.29, 1.82) is 0 Å². The molecule has 2 unspecified atom stereocenters. The van der Waals surface area contributed by atoms with Crippen LogP contribution in [0.5, 0.6) is 0 Å². The molecule has 0 aromatic carbocycles. The van der Waals surface area contributed by atoms with Crippen molar-refractivity contribution in [2.24, 2.45) is 0 Å². The Labute approximate surface area is 102 Å². The molecule has 0 bridgehead atoms. The lowest BCUT2D eigenvalue weighted by Gasteiger charge is -2.36. The second kappa shape index (κ2) is 4.82. The summed E-state index contributed by atoms with van der Waals surface area (Å²) < 4.78 is 5.39. The minimum Gasteiger partial charge on any atom is -0.446 e. The van der Waals surface area contributed by atoms with Crippen LogP contribution in [0, 0.1) is 0 Å². The molecule has 0 saturated carbocycles. The molecule has 2 atom stereocenters. The second-order valence-corrected chi connectivity index (χ2v) is 5.65. The van der Waals surface area contributed by atoms with E-state index in [0.29, 0.717) is 6.42 Å². The Morgan fingerprint density at radius 2 is 2.29 bits per heavy atom. The fourth-order valence-electron chi connectivity index (χ4n) is 2.58. The normalized spacial score (nSPS) is 30.5. The summed E-state index contributed by atoms with van der Waals surface area (Å²) in [6, 6.07) is 0.283. The predicted molar refractivity (Wildman–Crippen MR) is 63.8 cm³/mol. The van der Waals surface area contributed by atoms with Gasteiger partial charge in [0.25, 0.3) is 0 Å². The van der Waals surface area contributed by atoms with E-state index in [-0.39, 0.29) is 18.2 Å². The van der Waals surface area contributed by atoms with Crippen molar-refractivity contribution >= 4 is 6.09 Å². The summed E-state index contributed by atoms with van der Waals surface area (Å²) in [5.41, 5.74) is -0.776. The maximum atomic E-state index is 11.9. The molecule has 0 aromatic rings. The van der Waals surface area contributed by atoms with Crippen molar-refractivity contribution in [1.82, 2.24) is 10.2 Å². The molecule has 5 nitrogen and oxygen atoms in total. The molecular formula is C12H22N2O3. The fourth-order valence-corrected chi connectivity index (χ4v) is 2.58. The maximum absolute atomic E-state index is 11.9. The monoisotopic (exact) mass is 242 g/mol. The first-order chi connectivity index (χ1) is 7.96. The smallest absolute Gasteiger partial charge is 0.410 e. The molecule has 0 aromatic heterocycles. The Kier molecular flexibility index (Phi) is 3.58. The van der Waals surface area contributed by atoms with E-state index in [1.807, 2.05) is 4.90 Å². The summed E-state index contributed by atoms with van der Waals surface area (Å²) in [5, 5.41) is 13.0. The van der Waals surface area contributed by atoms with E-state index in [4.69, 9.17) is 4.74 Å². The van der Waals surface area contributed by atoms with Gasteiger partial charge in [0.2, 0.25) is 0 Å². The van der Waals surface area contributed by atoms with E-state index < -0.39 is 5.60 Å². The standard InChI is InChI=1S/C12H22N2O3/c1-12(2,16)7-10-4-6-14(11(15)17-10)9-3-5-13-8-9/h9-10,13,16H,3-8H2,1-2H3. The molecule has 0 spiro atoms. The number of nitrogens with zero attached hydrogens (tertiary/aromatic N) is 1. The average Bonchev–Trinajstić information content (AvgIpc) is 2.68. The fraction of sp³-hybridized carbons (Fsp3) is 0.917. The maximum Gasteiger partial charge on any atom is 0.410 e. The quantitative estimate of drug-likeness (QED) is 0.765. The third kappa shape index (κ3) is 3.33. The molecule has 2 rings (SSSR count). The zero-order valence-electron chi connectivity index (χ0n) is 10.6. The van der Waals surface area contributed by atoms with Crippen LogP contribution in [0.25, 0.3) is 0 Å². The third-order valence-electron chi connectivity index (χ3n) is 3.40. The number of carbonyl (C=O) groups is 1. The molecule has 5 heteroatoms. The molecule has 2 saturated heterocycles. The Balaban J connectivity index is 1.86. The predicted octanol–water partition coefficient (Wildman–Crippen LogP) is 0.720. The number of rotatable bonds is 3. The molecular weight excluding hydrogens is 220 g/mol. The Hall–Kier alpha value is -0.810. The van der Waals surface area contributed by atoms with E-state index in [2.05, 4.69) is 5.32 Å². The van der Waals surface area contributed by atoms with Crippen molar-refractivity contribution in [3.05, 3.63) is 0 Å². The number of aliphatic hydroxyl groups is 1. The van der Waals surface area contributed by atoms with Gasteiger partial charge in [0.05, 0.1) is 5.60 Å². The SMILES string of the molecule is CC(C)(O)CC1CCN(C2CCNC2)C(=O)O1. The molecule has 2 aliphatic rings. The van der Waals surface area contributed by atoms with Crippen molar-refractivity contribution in [3.8, 4) is 0 Å². The Morgan fingerprint density at radius 3 is 2.82 bits per heavy atom. The largest absolute Gasteiger partial charge is 0.446 e. The van der Waals surface area contributed by atoms with E-state index in [0.717, 1.165) is 32.5 Å². The molecule has 0 radical (unpaired) electrons. The highest BCUT2D eigenvalue weighted by Crippen LogP contribution is 2.23. The van der Waals surface area contributed by atoms with Gasteiger partial charge >= 0.3 is 6.09 Å². The Bertz CT molecular complexity index is 282. The summed E-state index contributed by atoms with van der Waals surface area (Å²) >= 11 is 0. The van der Waals surface area contributed by atoms with Crippen LogP contribution in [-0.2, 0) is 4.74 Å². The lowest BCUT2D eigenvalue weighted by Crippen LogP contribution is -2.49. The minimum atomic E-state index is -0.776. The average molecular weight is 242 g/mol. The van der Waals surface area contributed by atoms with Crippen molar-refractivity contribution < 1.29 is 14.6 Å². The van der Waals surface area contributed by atoms with Gasteiger partial charge in [-0.15, -0.1) is 0 Å². The van der Waals surface area contributed by atoms with Crippen molar-refractivity contribution in [2.75, 3.05) is 19.6 Å². The van der Waals surface area contributed by atoms with Gasteiger partial charge in [0.1, 0.15) is 6.10 Å². The Morgan fingerprint density at radius 1 is 1.53 bits per heavy atom. The second-order valence-electron chi connectivity index (χ2n) is 5.65. The molecule has 1 amide bonds. The number of hydrogen-bond acceptors (Lipinski definition) is 4. The van der Waals surface area contributed by atoms with Crippen LogP contribution in [-0.4, -0.2) is 53.5 Å². The number of carbonyl (C=O) groups excluding carboxylic acids is 1. The van der Waals surface area contributed by atoms with Crippen LogP contribution in [0.1, 0.15) is 33.1 Å². The number of cyclic esters (lactones) is 1. The molecule has 2 heterocycles. The molecule has 17 heavy (non-hydrogen) atoms. The first-order valence-electron chi connectivity index (χ1n) is 6.36. The summed E-state index contributed by atoms with van der Waals surface area (Å²) in [5.74, 6) is 0. The topological polar surface area (TPSA) is 61.8 Å². The van der Waals surface area contributed by atoms with Gasteiger partial charge in [0.15, 0.2) is 0 Å². The summed E-state index contributed by atoms with van der Waals surface area (Å²) in [7, 11) is 0. The van der Waals surface area contributed by atoms with Crippen LogP contribution in [0.15, 0.2) is 0 Å². The van der Waals surface area contributed by atoms with E-state index in [9.17, 15) is 9.90 Å². The highest BCUT2D eigenvalue weighted by Gasteiger charge is 2.35. The zero-order chi connectivity index (χ0) is 12.5. The van der Waals surface area contributed by atoms with E-state index in [1.165, 1.54) is 0 Å². The molecule has 2 N–H and O–H groups in total. The van der Waals surface area contributed by atoms with Gasteiger partial charge in [-0.3, -0.25) is 0 Å². The van der Waals surface area contributed by atoms with Gasteiger partial charge in [-0.05, 0) is 26.8 Å². The number of amides is 1. The van der Waals surface area contributed by atoms with Gasteiger partial charge in [-0.2, -0.15) is 0 Å². The summed E-state index contributed by atoms with van der Waals surface area (Å²) in [6.45, 7) is 6.07. The molecule has 2 fully saturated rings. The highest BCUT2D eigenvalue weighted by atomic mass is 16.6. The highest BCUT2D eigenvalue weighted by molar-refractivity contribution is 5.69. The number of ether oxygens (including phenoxy) is 1. The van der Waals surface area contributed by atoms with Crippen molar-refractivity contribution in [2.45, 2.75) is 50.9 Å². The summed E-state index contributed by atoms with van der Waals surface area (Å²) in [6.07, 6.45) is 1.96. The minimum absolute atomic E-state index is 0.145. The molecule has 2 aliphatic heterocycles. The number of nitrogens with one attached hydrogen (secondary N) is 1. The van der Waals surface area contributed by atoms with E-state index >= 15 is 0 Å². The lowest BCUT2D eigenvalue weighted by molar-refractivity contribution is -0.0305.